The maximum absolute atomic E-state index is 12.3. The van der Waals surface area contributed by atoms with E-state index in [9.17, 15) is 4.79 Å². The van der Waals surface area contributed by atoms with Gasteiger partial charge in [0, 0.05) is 32.5 Å². The van der Waals surface area contributed by atoms with Gasteiger partial charge in [-0.15, -0.1) is 11.3 Å². The van der Waals surface area contributed by atoms with Gasteiger partial charge in [-0.1, -0.05) is 47.5 Å². The molecule has 1 aliphatic rings. The third-order valence-electron chi connectivity index (χ3n) is 3.67. The monoisotopic (exact) mass is 360 g/mol. The first-order chi connectivity index (χ1) is 11.1. The molecule has 1 N–H and O–H groups in total. The number of nitrogens with zero attached hydrogens (tertiary/aromatic N) is 1. The summed E-state index contributed by atoms with van der Waals surface area (Å²) in [5, 5.41) is 4.27. The van der Waals surface area contributed by atoms with Gasteiger partial charge < -0.3 is 0 Å². The highest BCUT2D eigenvalue weighted by Gasteiger charge is 2.23. The number of thiazole rings is 1. The maximum atomic E-state index is 12.3. The Morgan fingerprint density at radius 1 is 1.13 bits per heavy atom. The topological polar surface area (TPSA) is 42.0 Å². The molecule has 0 aliphatic heterocycles. The number of carbonyl (C=O) groups excluding carboxylic acids is 1. The van der Waals surface area contributed by atoms with E-state index in [0.29, 0.717) is 20.7 Å². The molecular weight excluding hydrogens is 351 g/mol. The molecule has 1 amide bonds. The molecule has 2 aromatic carbocycles. The van der Waals surface area contributed by atoms with Gasteiger partial charge in [0.1, 0.15) is 0 Å². The van der Waals surface area contributed by atoms with Crippen LogP contribution in [0.3, 0.4) is 0 Å². The quantitative estimate of drug-likeness (QED) is 0.528. The lowest BCUT2D eigenvalue weighted by Crippen LogP contribution is -2.11. The van der Waals surface area contributed by atoms with Crippen LogP contribution in [0.25, 0.3) is 11.3 Å². The Morgan fingerprint density at radius 2 is 1.87 bits per heavy atom. The lowest BCUT2D eigenvalue weighted by molar-refractivity contribution is 0.102. The van der Waals surface area contributed by atoms with Gasteiger partial charge in [-0.25, -0.2) is 4.98 Å². The second-order valence-electron chi connectivity index (χ2n) is 5.24. The summed E-state index contributed by atoms with van der Waals surface area (Å²) in [7, 11) is 0. The molecule has 1 aromatic heterocycles. The van der Waals surface area contributed by atoms with Gasteiger partial charge in [0.15, 0.2) is 5.13 Å². The van der Waals surface area contributed by atoms with Gasteiger partial charge in [-0.2, -0.15) is 0 Å². The molecule has 0 radical (unpaired) electrons. The second-order valence-corrected chi connectivity index (χ2v) is 7.19. The number of benzene rings is 2. The molecule has 0 saturated heterocycles. The molecular formula is C17H10Cl2N2OS. The molecule has 1 aliphatic carbocycles. The summed E-state index contributed by atoms with van der Waals surface area (Å²) < 4.78 is 0. The average Bonchev–Trinajstić information content (AvgIpc) is 3.03. The Hall–Kier alpha value is -1.88. The van der Waals surface area contributed by atoms with E-state index in [1.54, 1.807) is 18.2 Å². The molecule has 6 heteroatoms. The Morgan fingerprint density at radius 3 is 2.65 bits per heavy atom. The third kappa shape index (κ3) is 2.74. The second kappa shape index (κ2) is 5.64. The largest absolute Gasteiger partial charge is 0.298 e. The van der Waals surface area contributed by atoms with Crippen LogP contribution < -0.4 is 5.32 Å². The number of anilines is 1. The fraction of sp³-hybridized carbons (Fsp3) is 0.0588. The lowest BCUT2D eigenvalue weighted by atomic mass is 10.1. The predicted molar refractivity (Wildman–Crippen MR) is 94.8 cm³/mol. The number of carbonyl (C=O) groups is 1. The van der Waals surface area contributed by atoms with E-state index in [2.05, 4.69) is 22.4 Å². The van der Waals surface area contributed by atoms with Crippen LogP contribution in [-0.4, -0.2) is 10.9 Å². The number of fused-ring (bicyclic) bond motifs is 3. The zero-order valence-corrected chi connectivity index (χ0v) is 14.1. The highest BCUT2D eigenvalue weighted by molar-refractivity contribution is 7.16. The van der Waals surface area contributed by atoms with Crippen molar-refractivity contribution >= 4 is 45.6 Å². The highest BCUT2D eigenvalue weighted by atomic mass is 35.5. The van der Waals surface area contributed by atoms with Crippen LogP contribution in [0.2, 0.25) is 10.0 Å². The summed E-state index contributed by atoms with van der Waals surface area (Å²) >= 11 is 13.4. The van der Waals surface area contributed by atoms with Crippen molar-refractivity contribution in [3.8, 4) is 11.3 Å². The van der Waals surface area contributed by atoms with Gasteiger partial charge in [-0.05, 0) is 23.8 Å². The SMILES string of the molecule is O=C(Nc1nc2c(s1)Cc1ccccc1-2)c1cc(Cl)cc(Cl)c1. The number of hydrogen-bond donors (Lipinski definition) is 1. The predicted octanol–water partition coefficient (Wildman–Crippen LogP) is 5.27. The van der Waals surface area contributed by atoms with Gasteiger partial charge >= 0.3 is 0 Å². The van der Waals surface area contributed by atoms with Crippen LogP contribution in [0.1, 0.15) is 20.8 Å². The molecule has 0 bridgehead atoms. The van der Waals surface area contributed by atoms with Gasteiger partial charge in [0.25, 0.3) is 5.91 Å². The number of amides is 1. The molecule has 0 saturated carbocycles. The van der Waals surface area contributed by atoms with Crippen LogP contribution in [0, 0.1) is 0 Å². The van der Waals surface area contributed by atoms with Crippen molar-refractivity contribution in [2.45, 2.75) is 6.42 Å². The van der Waals surface area contributed by atoms with Crippen molar-refractivity contribution in [1.82, 2.24) is 4.98 Å². The minimum absolute atomic E-state index is 0.268. The van der Waals surface area contributed by atoms with Crippen molar-refractivity contribution in [3.63, 3.8) is 0 Å². The van der Waals surface area contributed by atoms with E-state index >= 15 is 0 Å². The fourth-order valence-electron chi connectivity index (χ4n) is 2.67. The first-order valence-corrected chi connectivity index (χ1v) is 8.53. The molecule has 0 fully saturated rings. The molecule has 0 atom stereocenters. The van der Waals surface area contributed by atoms with Crippen LogP contribution in [0.15, 0.2) is 42.5 Å². The van der Waals surface area contributed by atoms with E-state index in [1.807, 2.05) is 12.1 Å². The minimum atomic E-state index is -0.268. The fourth-order valence-corrected chi connectivity index (χ4v) is 4.19. The minimum Gasteiger partial charge on any atom is -0.298 e. The van der Waals surface area contributed by atoms with Crippen LogP contribution in [0.4, 0.5) is 5.13 Å². The van der Waals surface area contributed by atoms with Crippen molar-refractivity contribution in [2.24, 2.45) is 0 Å². The molecule has 0 unspecified atom stereocenters. The summed E-state index contributed by atoms with van der Waals surface area (Å²) in [6, 6.07) is 13.0. The zero-order chi connectivity index (χ0) is 16.0. The van der Waals surface area contributed by atoms with Crippen LogP contribution in [-0.2, 0) is 6.42 Å². The average molecular weight is 361 g/mol. The molecule has 114 valence electrons. The molecule has 23 heavy (non-hydrogen) atoms. The lowest BCUT2D eigenvalue weighted by Gasteiger charge is -2.04. The number of nitrogens with one attached hydrogen (secondary N) is 1. The molecule has 4 rings (SSSR count). The highest BCUT2D eigenvalue weighted by Crippen LogP contribution is 2.40. The van der Waals surface area contributed by atoms with Crippen molar-refractivity contribution in [2.75, 3.05) is 5.32 Å². The molecule has 3 aromatic rings. The summed E-state index contributed by atoms with van der Waals surface area (Å²) in [5.74, 6) is -0.268. The number of halogens is 2. The van der Waals surface area contributed by atoms with Crippen molar-refractivity contribution in [3.05, 3.63) is 68.5 Å². The van der Waals surface area contributed by atoms with E-state index in [0.717, 1.165) is 17.7 Å². The Bertz CT molecular complexity index is 916. The summed E-state index contributed by atoms with van der Waals surface area (Å²) in [5.41, 5.74) is 3.80. The van der Waals surface area contributed by atoms with E-state index < -0.39 is 0 Å². The maximum Gasteiger partial charge on any atom is 0.257 e. The van der Waals surface area contributed by atoms with E-state index in [1.165, 1.54) is 21.8 Å². The normalized spacial score (nSPS) is 11.9. The number of aromatic nitrogens is 1. The Labute approximate surface area is 146 Å². The van der Waals surface area contributed by atoms with E-state index in [4.69, 9.17) is 23.2 Å². The number of hydrogen-bond acceptors (Lipinski definition) is 3. The Balaban J connectivity index is 1.61. The number of rotatable bonds is 2. The zero-order valence-electron chi connectivity index (χ0n) is 11.8. The van der Waals surface area contributed by atoms with Gasteiger partial charge in [-0.3, -0.25) is 10.1 Å². The first kappa shape index (κ1) is 14.7. The molecule has 1 heterocycles. The molecule has 3 nitrogen and oxygen atoms in total. The van der Waals surface area contributed by atoms with Gasteiger partial charge in [0.05, 0.1) is 5.69 Å². The smallest absolute Gasteiger partial charge is 0.257 e. The Kier molecular flexibility index (Phi) is 3.60. The van der Waals surface area contributed by atoms with E-state index in [-0.39, 0.29) is 5.91 Å². The van der Waals surface area contributed by atoms with Crippen LogP contribution >= 0.6 is 34.5 Å². The third-order valence-corrected chi connectivity index (χ3v) is 5.07. The van der Waals surface area contributed by atoms with Crippen molar-refractivity contribution < 1.29 is 4.79 Å². The van der Waals surface area contributed by atoms with Crippen LogP contribution in [0.5, 0.6) is 0 Å². The first-order valence-electron chi connectivity index (χ1n) is 6.95. The van der Waals surface area contributed by atoms with Gasteiger partial charge in [0.2, 0.25) is 0 Å². The standard InChI is InChI=1S/C17H10Cl2N2OS/c18-11-5-10(6-12(19)8-11)16(22)21-17-20-15-13-4-2-1-3-9(13)7-14(15)23-17/h1-6,8H,7H2,(H,20,21,22). The summed E-state index contributed by atoms with van der Waals surface area (Å²) in [6.07, 6.45) is 0.863. The summed E-state index contributed by atoms with van der Waals surface area (Å²) in [6.45, 7) is 0. The molecule has 0 spiro atoms. The van der Waals surface area contributed by atoms with Crippen molar-refractivity contribution in [1.29, 1.82) is 0 Å². The summed E-state index contributed by atoms with van der Waals surface area (Å²) in [4.78, 5) is 18.1.